The van der Waals surface area contributed by atoms with Crippen LogP contribution in [-0.4, -0.2) is 41.1 Å². The van der Waals surface area contributed by atoms with Crippen LogP contribution in [0.25, 0.3) is 22.0 Å². The van der Waals surface area contributed by atoms with Crippen LogP contribution >= 0.6 is 0 Å². The number of benzene rings is 2. The maximum atomic E-state index is 5.87. The van der Waals surface area contributed by atoms with Crippen LogP contribution in [0.3, 0.4) is 0 Å². The molecule has 0 spiro atoms. The summed E-state index contributed by atoms with van der Waals surface area (Å²) < 4.78 is 17.9. The Morgan fingerprint density at radius 2 is 1.73 bits per heavy atom. The topological polar surface area (TPSA) is 109 Å². The molecule has 0 unspecified atom stereocenters. The van der Waals surface area contributed by atoms with Crippen molar-refractivity contribution in [2.24, 2.45) is 7.05 Å². The smallest absolute Gasteiger partial charge is 0.221 e. The van der Waals surface area contributed by atoms with Crippen LogP contribution in [0.2, 0.25) is 0 Å². The van der Waals surface area contributed by atoms with Gasteiger partial charge in [0.25, 0.3) is 0 Å². The van der Waals surface area contributed by atoms with Crippen LogP contribution in [0.15, 0.2) is 42.6 Å². The lowest BCUT2D eigenvalue weighted by molar-refractivity contribution is 0.355. The summed E-state index contributed by atoms with van der Waals surface area (Å²) in [5.41, 5.74) is 8.41. The molecular formula is C21H22N6O3. The van der Waals surface area contributed by atoms with Crippen molar-refractivity contribution in [1.82, 2.24) is 19.7 Å². The van der Waals surface area contributed by atoms with Crippen LogP contribution in [-0.2, 0) is 7.05 Å². The van der Waals surface area contributed by atoms with Gasteiger partial charge < -0.3 is 25.3 Å². The molecule has 0 atom stereocenters. The van der Waals surface area contributed by atoms with Crippen molar-refractivity contribution < 1.29 is 14.2 Å². The van der Waals surface area contributed by atoms with Crippen molar-refractivity contribution in [2.45, 2.75) is 0 Å². The number of fused-ring (bicyclic) bond motifs is 1. The van der Waals surface area contributed by atoms with Gasteiger partial charge in [0.05, 0.1) is 26.8 Å². The van der Waals surface area contributed by atoms with Gasteiger partial charge in [0.2, 0.25) is 5.95 Å². The molecule has 0 radical (unpaired) electrons. The number of nitrogen functional groups attached to an aromatic ring is 1. The van der Waals surface area contributed by atoms with Crippen molar-refractivity contribution in [3.05, 3.63) is 42.6 Å². The van der Waals surface area contributed by atoms with Crippen molar-refractivity contribution in [1.29, 1.82) is 0 Å². The first kappa shape index (κ1) is 19.3. The molecule has 2 aromatic carbocycles. The Morgan fingerprint density at radius 1 is 0.933 bits per heavy atom. The lowest BCUT2D eigenvalue weighted by Gasteiger charge is -2.13. The van der Waals surface area contributed by atoms with Gasteiger partial charge in [0.1, 0.15) is 11.6 Å². The van der Waals surface area contributed by atoms with Crippen LogP contribution in [0.1, 0.15) is 0 Å². The van der Waals surface area contributed by atoms with Crippen molar-refractivity contribution >= 4 is 28.5 Å². The average molecular weight is 406 g/mol. The highest BCUT2D eigenvalue weighted by molar-refractivity contribution is 5.94. The summed E-state index contributed by atoms with van der Waals surface area (Å²) in [5, 5.41) is 8.79. The molecule has 4 aromatic rings. The van der Waals surface area contributed by atoms with Crippen LogP contribution < -0.4 is 25.3 Å². The third kappa shape index (κ3) is 3.41. The first-order valence-electron chi connectivity index (χ1n) is 9.16. The van der Waals surface area contributed by atoms with Gasteiger partial charge in [0, 0.05) is 24.2 Å². The van der Waals surface area contributed by atoms with E-state index in [1.54, 1.807) is 32.2 Å². The number of anilines is 3. The molecule has 9 nitrogen and oxygen atoms in total. The quantitative estimate of drug-likeness (QED) is 0.502. The molecule has 3 N–H and O–H groups in total. The molecule has 30 heavy (non-hydrogen) atoms. The van der Waals surface area contributed by atoms with Gasteiger partial charge in [-0.15, -0.1) is 0 Å². The Morgan fingerprint density at radius 3 is 2.47 bits per heavy atom. The minimum atomic E-state index is 0.152. The van der Waals surface area contributed by atoms with E-state index in [1.807, 2.05) is 43.4 Å². The molecule has 0 fully saturated rings. The van der Waals surface area contributed by atoms with Gasteiger partial charge in [-0.1, -0.05) is 6.07 Å². The first-order valence-corrected chi connectivity index (χ1v) is 9.16. The lowest BCUT2D eigenvalue weighted by atomic mass is 10.1. The van der Waals surface area contributed by atoms with Crippen molar-refractivity contribution in [3.8, 4) is 28.4 Å². The summed E-state index contributed by atoms with van der Waals surface area (Å²) in [7, 11) is 6.69. The molecule has 0 aliphatic carbocycles. The van der Waals surface area contributed by atoms with Crippen LogP contribution in [0.5, 0.6) is 17.2 Å². The predicted octanol–water partition coefficient (Wildman–Crippen LogP) is 3.38. The number of hydrogen-bond donors (Lipinski definition) is 2. The highest BCUT2D eigenvalue weighted by Crippen LogP contribution is 2.36. The number of methoxy groups -OCH3 is 3. The molecule has 2 heterocycles. The zero-order valence-corrected chi connectivity index (χ0v) is 17.1. The highest BCUT2D eigenvalue weighted by atomic mass is 16.5. The second-order valence-electron chi connectivity index (χ2n) is 6.54. The normalized spacial score (nSPS) is 10.8. The summed E-state index contributed by atoms with van der Waals surface area (Å²) in [4.78, 5) is 8.56. The van der Waals surface area contributed by atoms with Gasteiger partial charge in [-0.05, 0) is 35.9 Å². The van der Waals surface area contributed by atoms with Gasteiger partial charge in [0.15, 0.2) is 17.3 Å². The summed E-state index contributed by atoms with van der Waals surface area (Å²) in [6.45, 7) is 0. The Labute approximate surface area is 173 Å². The molecule has 9 heteroatoms. The fourth-order valence-electron chi connectivity index (χ4n) is 3.28. The van der Waals surface area contributed by atoms with E-state index in [-0.39, 0.29) is 5.95 Å². The maximum absolute atomic E-state index is 5.87. The molecule has 4 rings (SSSR count). The van der Waals surface area contributed by atoms with Gasteiger partial charge in [-0.3, -0.25) is 4.68 Å². The largest absolute Gasteiger partial charge is 0.497 e. The zero-order valence-electron chi connectivity index (χ0n) is 17.1. The monoisotopic (exact) mass is 406 g/mol. The molecule has 0 aliphatic heterocycles. The number of rotatable bonds is 6. The molecule has 0 saturated carbocycles. The standard InChI is InChI=1S/C21H22N6O3/c1-27-16-7-6-13(28-2)10-14(16)20(26-27)24-19-15(11-23-21(22)25-19)12-5-8-17(29-3)18(9-12)30-4/h5-11H,1-4H3,(H3,22,23,24,25,26). The van der Waals surface area contributed by atoms with E-state index in [9.17, 15) is 0 Å². The minimum Gasteiger partial charge on any atom is -0.497 e. The van der Waals surface area contributed by atoms with Gasteiger partial charge >= 0.3 is 0 Å². The number of aromatic nitrogens is 4. The SMILES string of the molecule is COc1ccc2c(c1)c(Nc1nc(N)ncc1-c1ccc(OC)c(OC)c1)nn2C. The molecule has 0 aliphatic rings. The number of hydrogen-bond acceptors (Lipinski definition) is 8. The second kappa shape index (κ2) is 7.78. The molecule has 2 aromatic heterocycles. The van der Waals surface area contributed by atoms with Crippen LogP contribution in [0, 0.1) is 0 Å². The number of nitrogens with one attached hydrogen (secondary N) is 1. The van der Waals surface area contributed by atoms with Crippen LogP contribution in [0.4, 0.5) is 17.6 Å². The van der Waals surface area contributed by atoms with E-state index < -0.39 is 0 Å². The van der Waals surface area contributed by atoms with E-state index in [0.29, 0.717) is 23.1 Å². The predicted molar refractivity (Wildman–Crippen MR) is 116 cm³/mol. The Kier molecular flexibility index (Phi) is 5.01. The molecule has 154 valence electrons. The van der Waals surface area contributed by atoms with Gasteiger partial charge in [-0.25, -0.2) is 4.98 Å². The van der Waals surface area contributed by atoms with E-state index in [0.717, 1.165) is 27.8 Å². The van der Waals surface area contributed by atoms with E-state index >= 15 is 0 Å². The molecule has 0 saturated heterocycles. The van der Waals surface area contributed by atoms with Crippen molar-refractivity contribution in [3.63, 3.8) is 0 Å². The van der Waals surface area contributed by atoms with Crippen molar-refractivity contribution in [2.75, 3.05) is 32.4 Å². The number of nitrogens with two attached hydrogens (primary N) is 1. The number of ether oxygens (including phenoxy) is 3. The summed E-state index contributed by atoms with van der Waals surface area (Å²) in [5.74, 6) is 3.28. The minimum absolute atomic E-state index is 0.152. The summed E-state index contributed by atoms with van der Waals surface area (Å²) in [6, 6.07) is 11.4. The van der Waals surface area contributed by atoms with E-state index in [4.69, 9.17) is 19.9 Å². The summed E-state index contributed by atoms with van der Waals surface area (Å²) >= 11 is 0. The fourth-order valence-corrected chi connectivity index (χ4v) is 3.28. The number of aryl methyl sites for hydroxylation is 1. The van der Waals surface area contributed by atoms with Gasteiger partial charge in [-0.2, -0.15) is 10.1 Å². The average Bonchev–Trinajstić information content (AvgIpc) is 3.08. The number of nitrogens with zero attached hydrogens (tertiary/aromatic N) is 4. The first-order chi connectivity index (χ1) is 14.5. The highest BCUT2D eigenvalue weighted by Gasteiger charge is 2.16. The molecule has 0 bridgehead atoms. The Hall–Kier alpha value is -4.01. The second-order valence-corrected chi connectivity index (χ2v) is 6.54. The molecule has 0 amide bonds. The lowest BCUT2D eigenvalue weighted by Crippen LogP contribution is -2.03. The fraction of sp³-hybridized carbons (Fsp3) is 0.190. The zero-order chi connectivity index (χ0) is 21.3. The third-order valence-electron chi connectivity index (χ3n) is 4.80. The van der Waals surface area contributed by atoms with E-state index in [1.165, 1.54) is 0 Å². The molecular weight excluding hydrogens is 384 g/mol. The third-order valence-corrected chi connectivity index (χ3v) is 4.80. The Bertz CT molecular complexity index is 1220. The van der Waals surface area contributed by atoms with E-state index in [2.05, 4.69) is 20.4 Å². The Balaban J connectivity index is 1.82. The summed E-state index contributed by atoms with van der Waals surface area (Å²) in [6.07, 6.45) is 1.66. The maximum Gasteiger partial charge on any atom is 0.221 e.